The van der Waals surface area contributed by atoms with E-state index in [9.17, 15) is 9.90 Å². The van der Waals surface area contributed by atoms with Crippen molar-refractivity contribution in [1.82, 2.24) is 0 Å². The Bertz CT molecular complexity index is 1120. The van der Waals surface area contributed by atoms with E-state index in [1.807, 2.05) is 37.3 Å². The number of halogens is 2. The molecule has 0 saturated heterocycles. The zero-order valence-corrected chi connectivity index (χ0v) is 21.5. The minimum atomic E-state index is -0.845. The lowest BCUT2D eigenvalue weighted by atomic mass is 9.53. The maximum atomic E-state index is 14.3. The number of phenolic OH excluding ortho intramolecular Hbond substituents is 1. The van der Waals surface area contributed by atoms with Crippen LogP contribution in [0.25, 0.3) is 11.0 Å². The van der Waals surface area contributed by atoms with Crippen molar-refractivity contribution >= 4 is 48.6 Å². The molecule has 2 aromatic carbocycles. The van der Waals surface area contributed by atoms with E-state index < -0.39 is 5.41 Å². The molecule has 0 aliphatic heterocycles. The second-order valence-corrected chi connectivity index (χ2v) is 10.7. The minimum Gasteiger partial charge on any atom is -0.506 e. The summed E-state index contributed by atoms with van der Waals surface area (Å²) in [6, 6.07) is 11.9. The van der Waals surface area contributed by atoms with Crippen molar-refractivity contribution in [3.05, 3.63) is 62.2 Å². The van der Waals surface area contributed by atoms with Gasteiger partial charge in [0.05, 0.1) is 14.4 Å². The number of furan rings is 1. The molecule has 0 spiro atoms. The molecule has 1 fully saturated rings. The van der Waals surface area contributed by atoms with Gasteiger partial charge in [-0.05, 0) is 80.3 Å². The van der Waals surface area contributed by atoms with Gasteiger partial charge in [0.1, 0.15) is 17.1 Å². The van der Waals surface area contributed by atoms with E-state index in [4.69, 9.17) is 4.42 Å². The number of fused-ring (bicyclic) bond motifs is 1. The van der Waals surface area contributed by atoms with Gasteiger partial charge in [-0.2, -0.15) is 0 Å². The van der Waals surface area contributed by atoms with Crippen LogP contribution in [0.1, 0.15) is 57.4 Å². The number of rotatable bonds is 4. The van der Waals surface area contributed by atoms with Crippen LogP contribution >= 0.6 is 31.9 Å². The molecule has 1 N–H and O–H groups in total. The number of phenols is 1. The molecule has 31 heavy (non-hydrogen) atoms. The highest BCUT2D eigenvalue weighted by Crippen LogP contribution is 2.55. The lowest BCUT2D eigenvalue weighted by Crippen LogP contribution is -2.52. The molecule has 3 atom stereocenters. The fourth-order valence-electron chi connectivity index (χ4n) is 5.56. The van der Waals surface area contributed by atoms with Gasteiger partial charge >= 0.3 is 0 Å². The first kappa shape index (κ1) is 22.6. The topological polar surface area (TPSA) is 50.4 Å². The molecular weight excluding hydrogens is 520 g/mol. The molecule has 1 aliphatic rings. The van der Waals surface area contributed by atoms with Crippen molar-refractivity contribution in [3.63, 3.8) is 0 Å². The molecule has 5 heteroatoms. The highest BCUT2D eigenvalue weighted by atomic mass is 79.9. The molecule has 3 aromatic rings. The standard InChI is InChI=1S/C26H28Br2O3/c1-5-21-23(17-8-6-7-9-22(17)31-21)26(16-12-19(27)24(29)20(28)13-16)18(14(2)3)11-10-15(4)25(26)30/h6-9,12-15,18,29H,5,10-11H2,1-4H3. The van der Waals surface area contributed by atoms with Gasteiger partial charge < -0.3 is 9.52 Å². The fraction of sp³-hybridized carbons (Fsp3) is 0.423. The number of para-hydroxylation sites is 1. The predicted molar refractivity (Wildman–Crippen MR) is 132 cm³/mol. The minimum absolute atomic E-state index is 0.0558. The van der Waals surface area contributed by atoms with Crippen LogP contribution in [0, 0.1) is 17.8 Å². The Hall–Kier alpha value is -1.59. The van der Waals surface area contributed by atoms with Gasteiger partial charge in [0.15, 0.2) is 5.78 Å². The summed E-state index contributed by atoms with van der Waals surface area (Å²) in [7, 11) is 0. The molecule has 1 aliphatic carbocycles. The molecule has 1 aromatic heterocycles. The van der Waals surface area contributed by atoms with Crippen LogP contribution in [0.3, 0.4) is 0 Å². The first-order chi connectivity index (χ1) is 14.7. The summed E-state index contributed by atoms with van der Waals surface area (Å²) in [6.45, 7) is 8.55. The molecule has 1 saturated carbocycles. The van der Waals surface area contributed by atoms with Gasteiger partial charge in [0.25, 0.3) is 0 Å². The van der Waals surface area contributed by atoms with E-state index in [0.29, 0.717) is 21.3 Å². The molecule has 3 unspecified atom stereocenters. The van der Waals surface area contributed by atoms with Gasteiger partial charge in [-0.3, -0.25) is 4.79 Å². The van der Waals surface area contributed by atoms with Crippen LogP contribution in [0.15, 0.2) is 49.8 Å². The van der Waals surface area contributed by atoms with Gasteiger partial charge in [-0.25, -0.2) is 0 Å². The van der Waals surface area contributed by atoms with E-state index in [1.54, 1.807) is 0 Å². The van der Waals surface area contributed by atoms with E-state index in [2.05, 4.69) is 58.7 Å². The number of ketones is 1. The van der Waals surface area contributed by atoms with Crippen LogP contribution in [0.4, 0.5) is 0 Å². The van der Waals surface area contributed by atoms with E-state index >= 15 is 0 Å². The second-order valence-electron chi connectivity index (χ2n) is 9.04. The quantitative estimate of drug-likeness (QED) is 0.362. The molecule has 4 rings (SSSR count). The van der Waals surface area contributed by atoms with Crippen LogP contribution in [0.2, 0.25) is 0 Å². The second kappa shape index (κ2) is 8.40. The number of carbonyl (C=O) groups excluding carboxylic acids is 1. The normalized spacial score (nSPS) is 24.3. The summed E-state index contributed by atoms with van der Waals surface area (Å²) in [5, 5.41) is 11.4. The number of benzene rings is 2. The van der Waals surface area contributed by atoms with Crippen molar-refractivity contribution in [2.45, 2.75) is 52.4 Å². The average molecular weight is 548 g/mol. The molecule has 1 heterocycles. The summed E-state index contributed by atoms with van der Waals surface area (Å²) in [6.07, 6.45) is 2.56. The number of aromatic hydroxyl groups is 1. The molecule has 0 bridgehead atoms. The Morgan fingerprint density at radius 3 is 2.42 bits per heavy atom. The Morgan fingerprint density at radius 1 is 1.16 bits per heavy atom. The summed E-state index contributed by atoms with van der Waals surface area (Å²) in [4.78, 5) is 14.3. The summed E-state index contributed by atoms with van der Waals surface area (Å²) < 4.78 is 7.48. The van der Waals surface area contributed by atoms with Gasteiger partial charge in [-0.15, -0.1) is 0 Å². The first-order valence-electron chi connectivity index (χ1n) is 11.0. The van der Waals surface area contributed by atoms with Crippen LogP contribution in [0.5, 0.6) is 5.75 Å². The summed E-state index contributed by atoms with van der Waals surface area (Å²) in [5.41, 5.74) is 1.88. The largest absolute Gasteiger partial charge is 0.506 e. The van der Waals surface area contributed by atoms with Crippen LogP contribution in [-0.2, 0) is 16.6 Å². The third kappa shape index (κ3) is 3.39. The zero-order chi connectivity index (χ0) is 22.5. The Morgan fingerprint density at radius 2 is 1.81 bits per heavy atom. The maximum Gasteiger partial charge on any atom is 0.151 e. The highest BCUT2D eigenvalue weighted by Gasteiger charge is 2.55. The lowest BCUT2D eigenvalue weighted by Gasteiger charge is -2.48. The molecule has 0 radical (unpaired) electrons. The van der Waals surface area contributed by atoms with Crippen molar-refractivity contribution < 1.29 is 14.3 Å². The fourth-order valence-corrected chi connectivity index (χ4v) is 6.75. The summed E-state index contributed by atoms with van der Waals surface area (Å²) in [5.74, 6) is 1.61. The zero-order valence-electron chi connectivity index (χ0n) is 18.3. The number of carbonyl (C=O) groups is 1. The molecule has 3 nitrogen and oxygen atoms in total. The monoisotopic (exact) mass is 546 g/mol. The summed E-state index contributed by atoms with van der Waals surface area (Å²) >= 11 is 7.03. The van der Waals surface area contributed by atoms with Crippen molar-refractivity contribution in [3.8, 4) is 5.75 Å². The molecule has 164 valence electrons. The highest BCUT2D eigenvalue weighted by molar-refractivity contribution is 9.11. The SMILES string of the molecule is CCc1oc2ccccc2c1C1(c2cc(Br)c(O)c(Br)c2)C(=O)C(C)CCC1C(C)C. The van der Waals surface area contributed by atoms with Crippen LogP contribution in [-0.4, -0.2) is 10.9 Å². The van der Waals surface area contributed by atoms with Gasteiger partial charge in [0, 0.05) is 23.3 Å². The third-order valence-corrected chi connectivity index (χ3v) is 8.17. The molecular formula is C26H28Br2O3. The van der Waals surface area contributed by atoms with Gasteiger partial charge in [0.2, 0.25) is 0 Å². The van der Waals surface area contributed by atoms with Crippen molar-refractivity contribution in [1.29, 1.82) is 0 Å². The Labute approximate surface area is 200 Å². The van der Waals surface area contributed by atoms with E-state index in [-0.39, 0.29) is 23.4 Å². The van der Waals surface area contributed by atoms with Crippen LogP contribution < -0.4 is 0 Å². The van der Waals surface area contributed by atoms with Crippen molar-refractivity contribution in [2.75, 3.05) is 0 Å². The maximum absolute atomic E-state index is 14.3. The number of aryl methyl sites for hydroxylation is 1. The number of hydrogen-bond donors (Lipinski definition) is 1. The van der Waals surface area contributed by atoms with Crippen molar-refractivity contribution in [2.24, 2.45) is 17.8 Å². The first-order valence-corrected chi connectivity index (χ1v) is 12.6. The van der Waals surface area contributed by atoms with Gasteiger partial charge in [-0.1, -0.05) is 45.9 Å². The van der Waals surface area contributed by atoms with E-state index in [1.165, 1.54) is 0 Å². The number of Topliss-reactive ketones (excluding diaryl/α,β-unsaturated/α-hetero) is 1. The Kier molecular flexibility index (Phi) is 6.12. The van der Waals surface area contributed by atoms with E-state index in [0.717, 1.165) is 40.7 Å². The Balaban J connectivity index is 2.19. The average Bonchev–Trinajstić information content (AvgIpc) is 3.12. The number of hydrogen-bond acceptors (Lipinski definition) is 3. The molecule has 0 amide bonds. The smallest absolute Gasteiger partial charge is 0.151 e. The lowest BCUT2D eigenvalue weighted by molar-refractivity contribution is -0.132. The predicted octanol–water partition coefficient (Wildman–Crippen LogP) is 7.78. The third-order valence-electron chi connectivity index (χ3n) is 6.96.